The topological polar surface area (TPSA) is 78.9 Å². The lowest BCUT2D eigenvalue weighted by atomic mass is 9.90. The van der Waals surface area contributed by atoms with E-state index in [2.05, 4.69) is 5.32 Å². The minimum atomic E-state index is -0.888. The molecule has 0 radical (unpaired) electrons. The Hall–Kier alpha value is -0.980. The molecule has 0 aliphatic carbocycles. The van der Waals surface area contributed by atoms with E-state index in [9.17, 15) is 9.59 Å². The fourth-order valence-electron chi connectivity index (χ4n) is 2.21. The number of rotatable bonds is 2. The van der Waals surface area contributed by atoms with Crippen LogP contribution in [0.5, 0.6) is 0 Å². The van der Waals surface area contributed by atoms with Crippen LogP contribution in [0.2, 0.25) is 0 Å². The molecule has 2 fully saturated rings. The number of amides is 2. The van der Waals surface area contributed by atoms with Crippen molar-refractivity contribution >= 4 is 11.8 Å². The number of nitrogens with zero attached hydrogens (tertiary/aromatic N) is 1. The number of piperidine rings is 1. The number of hydrogen-bond donors (Lipinski definition) is 2. The zero-order chi connectivity index (χ0) is 11.6. The lowest BCUT2D eigenvalue weighted by molar-refractivity contribution is -0.169. The number of carbonyl (C=O) groups is 2. The van der Waals surface area contributed by atoms with Crippen LogP contribution < -0.4 is 5.32 Å². The van der Waals surface area contributed by atoms with E-state index in [1.54, 1.807) is 0 Å². The summed E-state index contributed by atoms with van der Waals surface area (Å²) in [5.74, 6) is -0.579. The first-order valence-corrected chi connectivity index (χ1v) is 5.48. The Morgan fingerprint density at radius 2 is 2.31 bits per heavy atom. The number of β-amino-alcohol motifs (C(OH)–C–C–N with tert-alkyl or cyclic N) is 1. The molecule has 2 aliphatic rings. The quantitative estimate of drug-likeness (QED) is 0.562. The second-order valence-corrected chi connectivity index (χ2v) is 4.22. The number of nitrogens with one attached hydrogen (secondary N) is 1. The third kappa shape index (κ3) is 2.09. The van der Waals surface area contributed by atoms with E-state index in [1.165, 1.54) is 0 Å². The molecule has 1 unspecified atom stereocenters. The molecule has 0 saturated carbocycles. The van der Waals surface area contributed by atoms with Gasteiger partial charge in [0.25, 0.3) is 5.91 Å². The molecule has 2 saturated heterocycles. The van der Waals surface area contributed by atoms with E-state index >= 15 is 0 Å². The Morgan fingerprint density at radius 3 is 3.00 bits per heavy atom. The average Bonchev–Trinajstić information content (AvgIpc) is 2.26. The van der Waals surface area contributed by atoms with Crippen molar-refractivity contribution < 1.29 is 19.4 Å². The second-order valence-electron chi connectivity index (χ2n) is 4.22. The first kappa shape index (κ1) is 11.5. The zero-order valence-corrected chi connectivity index (χ0v) is 9.07. The standard InChI is InChI=1S/C10H16N2O4/c13-5-3-12-4-6-16-10(7-12)2-1-8(14)11-9(10)15/h13H,1-7H2,(H,11,14,15). The molecule has 16 heavy (non-hydrogen) atoms. The Bertz CT molecular complexity index is 305. The first-order valence-electron chi connectivity index (χ1n) is 5.48. The van der Waals surface area contributed by atoms with Crippen LogP contribution in [0.1, 0.15) is 12.8 Å². The minimum Gasteiger partial charge on any atom is -0.395 e. The summed E-state index contributed by atoms with van der Waals surface area (Å²) in [6, 6.07) is 0. The van der Waals surface area contributed by atoms with Gasteiger partial charge in [-0.1, -0.05) is 0 Å². The highest BCUT2D eigenvalue weighted by molar-refractivity contribution is 6.02. The van der Waals surface area contributed by atoms with Crippen LogP contribution in [-0.4, -0.2) is 60.3 Å². The molecule has 0 aromatic carbocycles. The van der Waals surface area contributed by atoms with Gasteiger partial charge in [0, 0.05) is 26.1 Å². The van der Waals surface area contributed by atoms with Crippen LogP contribution in [0.15, 0.2) is 0 Å². The van der Waals surface area contributed by atoms with Crippen LogP contribution in [0, 0.1) is 0 Å². The van der Waals surface area contributed by atoms with Crippen molar-refractivity contribution in [1.82, 2.24) is 10.2 Å². The van der Waals surface area contributed by atoms with E-state index < -0.39 is 5.60 Å². The lowest BCUT2D eigenvalue weighted by Gasteiger charge is -2.42. The molecule has 0 aromatic rings. The van der Waals surface area contributed by atoms with E-state index in [0.717, 1.165) is 0 Å². The largest absolute Gasteiger partial charge is 0.395 e. The average molecular weight is 228 g/mol. The number of aliphatic hydroxyl groups excluding tert-OH is 1. The molecule has 6 nitrogen and oxygen atoms in total. The molecule has 2 rings (SSSR count). The number of carbonyl (C=O) groups excluding carboxylic acids is 2. The van der Waals surface area contributed by atoms with Crippen molar-refractivity contribution in [1.29, 1.82) is 0 Å². The fourth-order valence-corrected chi connectivity index (χ4v) is 2.21. The molecule has 2 N–H and O–H groups in total. The number of morpholine rings is 1. The van der Waals surface area contributed by atoms with Crippen LogP contribution in [0.3, 0.4) is 0 Å². The van der Waals surface area contributed by atoms with Gasteiger partial charge in [0.05, 0.1) is 13.2 Å². The molecule has 0 bridgehead atoms. The van der Waals surface area contributed by atoms with Gasteiger partial charge in [0.15, 0.2) is 5.60 Å². The molecule has 0 aromatic heterocycles. The number of aliphatic hydroxyl groups is 1. The summed E-state index contributed by atoms with van der Waals surface area (Å²) in [7, 11) is 0. The van der Waals surface area contributed by atoms with Gasteiger partial charge < -0.3 is 9.84 Å². The van der Waals surface area contributed by atoms with Crippen LogP contribution in [0.25, 0.3) is 0 Å². The zero-order valence-electron chi connectivity index (χ0n) is 9.07. The number of hydrogen-bond acceptors (Lipinski definition) is 5. The summed E-state index contributed by atoms with van der Waals surface area (Å²) in [4.78, 5) is 24.8. The predicted molar refractivity (Wildman–Crippen MR) is 54.6 cm³/mol. The highest BCUT2D eigenvalue weighted by Crippen LogP contribution is 2.26. The van der Waals surface area contributed by atoms with Crippen LogP contribution >= 0.6 is 0 Å². The first-order chi connectivity index (χ1) is 7.66. The Kier molecular flexibility index (Phi) is 3.22. The summed E-state index contributed by atoms with van der Waals surface area (Å²) in [6.45, 7) is 2.22. The van der Waals surface area contributed by atoms with Crippen molar-refractivity contribution in [2.45, 2.75) is 18.4 Å². The number of imide groups is 1. The van der Waals surface area contributed by atoms with E-state index in [4.69, 9.17) is 9.84 Å². The number of ether oxygens (including phenoxy) is 1. The van der Waals surface area contributed by atoms with Crippen molar-refractivity contribution in [3.8, 4) is 0 Å². The van der Waals surface area contributed by atoms with Gasteiger partial charge in [-0.15, -0.1) is 0 Å². The molecular formula is C10H16N2O4. The van der Waals surface area contributed by atoms with Crippen molar-refractivity contribution in [2.75, 3.05) is 32.8 Å². The molecule has 90 valence electrons. The highest BCUT2D eigenvalue weighted by Gasteiger charge is 2.46. The SMILES string of the molecule is O=C1CCC2(CN(CCO)CCO2)C(=O)N1. The van der Waals surface area contributed by atoms with Crippen LogP contribution in [-0.2, 0) is 14.3 Å². The fraction of sp³-hybridized carbons (Fsp3) is 0.800. The molecule has 2 heterocycles. The molecule has 2 amide bonds. The predicted octanol–water partition coefficient (Wildman–Crippen LogP) is -1.51. The van der Waals surface area contributed by atoms with Gasteiger partial charge in [0.1, 0.15) is 0 Å². The Labute approximate surface area is 93.6 Å². The maximum Gasteiger partial charge on any atom is 0.260 e. The molecule has 1 spiro atoms. The van der Waals surface area contributed by atoms with Crippen LogP contribution in [0.4, 0.5) is 0 Å². The van der Waals surface area contributed by atoms with Crippen molar-refractivity contribution in [3.63, 3.8) is 0 Å². The summed E-state index contributed by atoms with van der Waals surface area (Å²) in [5, 5.41) is 11.2. The van der Waals surface area contributed by atoms with Gasteiger partial charge >= 0.3 is 0 Å². The molecule has 1 atom stereocenters. The lowest BCUT2D eigenvalue weighted by Crippen LogP contribution is -2.63. The maximum atomic E-state index is 11.8. The third-order valence-corrected chi connectivity index (χ3v) is 3.10. The van der Waals surface area contributed by atoms with Gasteiger partial charge in [-0.3, -0.25) is 19.8 Å². The molecule has 6 heteroatoms. The maximum absolute atomic E-state index is 11.8. The normalized spacial score (nSPS) is 31.8. The van der Waals surface area contributed by atoms with Gasteiger partial charge in [0.2, 0.25) is 5.91 Å². The minimum absolute atomic E-state index is 0.0661. The summed E-state index contributed by atoms with van der Waals surface area (Å²) in [6.07, 6.45) is 0.748. The van der Waals surface area contributed by atoms with Gasteiger partial charge in [-0.25, -0.2) is 0 Å². The highest BCUT2D eigenvalue weighted by atomic mass is 16.5. The second kappa shape index (κ2) is 4.48. The van der Waals surface area contributed by atoms with E-state index in [-0.39, 0.29) is 18.4 Å². The summed E-state index contributed by atoms with van der Waals surface area (Å²) < 4.78 is 5.56. The smallest absolute Gasteiger partial charge is 0.260 e. The van der Waals surface area contributed by atoms with Crippen molar-refractivity contribution in [2.24, 2.45) is 0 Å². The Morgan fingerprint density at radius 1 is 1.50 bits per heavy atom. The Balaban J connectivity index is 2.06. The van der Waals surface area contributed by atoms with Crippen molar-refractivity contribution in [3.05, 3.63) is 0 Å². The molecule has 2 aliphatic heterocycles. The summed E-state index contributed by atoms with van der Waals surface area (Å²) in [5.41, 5.74) is -0.888. The van der Waals surface area contributed by atoms with E-state index in [0.29, 0.717) is 39.1 Å². The summed E-state index contributed by atoms with van der Waals surface area (Å²) >= 11 is 0. The third-order valence-electron chi connectivity index (χ3n) is 3.10. The monoisotopic (exact) mass is 228 g/mol. The van der Waals surface area contributed by atoms with Gasteiger partial charge in [-0.05, 0) is 6.42 Å². The molecular weight excluding hydrogens is 212 g/mol. The van der Waals surface area contributed by atoms with E-state index in [1.807, 2.05) is 4.90 Å². The van der Waals surface area contributed by atoms with Gasteiger partial charge in [-0.2, -0.15) is 0 Å².